The summed E-state index contributed by atoms with van der Waals surface area (Å²) >= 11 is 11.8. The second-order valence-electron chi connectivity index (χ2n) is 8.93. The van der Waals surface area contributed by atoms with E-state index in [1.54, 1.807) is 20.8 Å². The smallest absolute Gasteiger partial charge is 0.447 e. The second-order valence-corrected chi connectivity index (χ2v) is 9.74. The Bertz CT molecular complexity index is 1110. The van der Waals surface area contributed by atoms with E-state index in [-0.39, 0.29) is 40.7 Å². The molecular weight excluding hydrogens is 546 g/mol. The molecule has 1 saturated heterocycles. The molecule has 11 nitrogen and oxygen atoms in total. The normalized spacial score (nSPS) is 18.4. The molecular formula is C21H24Cl2F3N5O6. The quantitative estimate of drug-likeness (QED) is 0.477. The lowest BCUT2D eigenvalue weighted by Gasteiger charge is -2.38. The van der Waals surface area contributed by atoms with Crippen LogP contribution in [0.1, 0.15) is 56.0 Å². The maximum Gasteiger partial charge on any atom is 0.522 e. The highest BCUT2D eigenvalue weighted by Crippen LogP contribution is 2.33. The van der Waals surface area contributed by atoms with E-state index < -0.39 is 49.3 Å². The van der Waals surface area contributed by atoms with Gasteiger partial charge in [-0.2, -0.15) is 0 Å². The molecule has 1 N–H and O–H groups in total. The number of nitrogens with one attached hydrogen (secondary N) is 1. The average Bonchev–Trinajstić information content (AvgIpc) is 3.25. The van der Waals surface area contributed by atoms with Crippen LogP contribution in [0.3, 0.4) is 0 Å². The highest BCUT2D eigenvalue weighted by Gasteiger charge is 2.39. The summed E-state index contributed by atoms with van der Waals surface area (Å²) in [6.07, 6.45) is -3.91. The minimum atomic E-state index is -4.79. The van der Waals surface area contributed by atoms with E-state index in [1.165, 1.54) is 17.2 Å². The number of alkyl halides is 3. The fourth-order valence-corrected chi connectivity index (χ4v) is 3.62. The van der Waals surface area contributed by atoms with Gasteiger partial charge in [-0.05, 0) is 39.7 Å². The van der Waals surface area contributed by atoms with E-state index in [4.69, 9.17) is 37.1 Å². The number of halogens is 5. The summed E-state index contributed by atoms with van der Waals surface area (Å²) in [5.74, 6) is -0.519. The number of carbonyl (C=O) groups excluding carboxylic acids is 2. The number of hydrogen-bond donors (Lipinski definition) is 1. The van der Waals surface area contributed by atoms with E-state index in [0.717, 1.165) is 0 Å². The summed E-state index contributed by atoms with van der Waals surface area (Å²) in [5.41, 5.74) is -0.767. The van der Waals surface area contributed by atoms with Crippen LogP contribution in [-0.2, 0) is 9.47 Å². The molecule has 0 saturated carbocycles. The van der Waals surface area contributed by atoms with Crippen LogP contribution in [0.15, 0.2) is 16.7 Å². The zero-order chi connectivity index (χ0) is 27.4. The number of carbonyl (C=O) groups is 2. The third-order valence-corrected chi connectivity index (χ3v) is 5.58. The van der Waals surface area contributed by atoms with Crippen molar-refractivity contribution < 1.29 is 41.4 Å². The van der Waals surface area contributed by atoms with Crippen LogP contribution in [0.2, 0.25) is 10.0 Å². The van der Waals surface area contributed by atoms with Crippen molar-refractivity contribution in [2.24, 2.45) is 0 Å². The molecule has 2 atom stereocenters. The van der Waals surface area contributed by atoms with Crippen molar-refractivity contribution in [1.82, 2.24) is 25.4 Å². The van der Waals surface area contributed by atoms with Gasteiger partial charge >= 0.3 is 18.5 Å². The van der Waals surface area contributed by atoms with Crippen molar-refractivity contribution in [3.05, 3.63) is 33.9 Å². The van der Waals surface area contributed by atoms with Crippen LogP contribution in [0.25, 0.3) is 0 Å². The lowest BCUT2D eigenvalue weighted by atomic mass is 9.98. The number of ether oxygens (including phenoxy) is 3. The molecule has 0 aromatic carbocycles. The molecule has 3 rings (SSSR count). The predicted molar refractivity (Wildman–Crippen MR) is 122 cm³/mol. The molecule has 16 heteroatoms. The zero-order valence-corrected chi connectivity index (χ0v) is 21.5. The Balaban J connectivity index is 1.69. The van der Waals surface area contributed by atoms with Gasteiger partial charge in [0.1, 0.15) is 23.9 Å². The number of aromatic nitrogens is 3. The molecule has 2 aromatic rings. The van der Waals surface area contributed by atoms with E-state index in [9.17, 15) is 22.8 Å². The van der Waals surface area contributed by atoms with Gasteiger partial charge in [-0.3, -0.25) is 14.4 Å². The summed E-state index contributed by atoms with van der Waals surface area (Å²) in [5, 5.41) is 10.7. The van der Waals surface area contributed by atoms with Crippen molar-refractivity contribution in [1.29, 1.82) is 0 Å². The van der Waals surface area contributed by atoms with Gasteiger partial charge in [-0.15, -0.1) is 18.3 Å². The molecule has 3 heterocycles. The van der Waals surface area contributed by atoms with Crippen LogP contribution in [0.4, 0.5) is 18.0 Å². The molecule has 0 unspecified atom stereocenters. The first-order valence-electron chi connectivity index (χ1n) is 11.0. The van der Waals surface area contributed by atoms with E-state index in [1.807, 2.05) is 0 Å². The maximum atomic E-state index is 13.0. The summed E-state index contributed by atoms with van der Waals surface area (Å²) in [6.45, 7) is 3.86. The molecule has 1 fully saturated rings. The van der Waals surface area contributed by atoms with Gasteiger partial charge in [0, 0.05) is 18.8 Å². The van der Waals surface area contributed by atoms with E-state index in [2.05, 4.69) is 25.2 Å². The van der Waals surface area contributed by atoms with Crippen LogP contribution in [0, 0.1) is 0 Å². The number of piperidine rings is 1. The molecule has 1 aliphatic rings. The predicted octanol–water partition coefficient (Wildman–Crippen LogP) is 4.56. The molecule has 0 radical (unpaired) electrons. The lowest BCUT2D eigenvalue weighted by molar-refractivity contribution is -0.325. The summed E-state index contributed by atoms with van der Waals surface area (Å²) in [7, 11) is 0. The van der Waals surface area contributed by atoms with Gasteiger partial charge in [-0.25, -0.2) is 9.78 Å². The lowest BCUT2D eigenvalue weighted by Crippen LogP contribution is -2.52. The fourth-order valence-electron chi connectivity index (χ4n) is 3.37. The Morgan fingerprint density at radius 1 is 1.16 bits per heavy atom. The van der Waals surface area contributed by atoms with Gasteiger partial charge in [0.25, 0.3) is 5.91 Å². The third kappa shape index (κ3) is 8.61. The Kier molecular flexibility index (Phi) is 9.08. The number of rotatable bonds is 7. The molecule has 2 aromatic heterocycles. The first kappa shape index (κ1) is 28.7. The minimum Gasteiger partial charge on any atom is -0.447 e. The largest absolute Gasteiger partial charge is 0.522 e. The number of amides is 2. The molecule has 0 aliphatic carbocycles. The maximum absolute atomic E-state index is 13.0. The SMILES string of the molecule is CC(C)(C)OC(=O)N1C[C@@H](NC(=O)c2cc(Cl)c(Cl)cn2)CC[C@@H]1c1nnc(OCCOC(F)(F)F)o1. The van der Waals surface area contributed by atoms with Gasteiger partial charge in [0.05, 0.1) is 16.7 Å². The standard InChI is InChI=1S/C21H24Cl2F3N5O6/c1-20(2,3)37-19(33)31-10-11(28-16(32)14-8-12(22)13(23)9-27-14)4-5-15(31)17-29-30-18(36-17)34-6-7-35-21(24,25)26/h8-9,11,15H,4-7,10H2,1-3H3,(H,28,32)/t11-,15+/m0/s1. The van der Waals surface area contributed by atoms with E-state index >= 15 is 0 Å². The highest BCUT2D eigenvalue weighted by atomic mass is 35.5. The van der Waals surface area contributed by atoms with Gasteiger partial charge in [-0.1, -0.05) is 28.3 Å². The van der Waals surface area contributed by atoms with Crippen LogP contribution in [0.5, 0.6) is 6.08 Å². The van der Waals surface area contributed by atoms with Crippen LogP contribution < -0.4 is 10.1 Å². The van der Waals surface area contributed by atoms with Crippen molar-refractivity contribution in [2.75, 3.05) is 19.8 Å². The number of nitrogens with zero attached hydrogens (tertiary/aromatic N) is 4. The topological polar surface area (TPSA) is 129 Å². The molecule has 2 amide bonds. The first-order valence-corrected chi connectivity index (χ1v) is 11.8. The summed E-state index contributed by atoms with van der Waals surface area (Å²) < 4.78 is 55.8. The monoisotopic (exact) mass is 569 g/mol. The summed E-state index contributed by atoms with van der Waals surface area (Å²) in [4.78, 5) is 31.0. The molecule has 1 aliphatic heterocycles. The van der Waals surface area contributed by atoms with Crippen molar-refractivity contribution in [3.63, 3.8) is 0 Å². The Labute approximate surface area is 219 Å². The number of likely N-dealkylation sites (tertiary alicyclic amines) is 1. The molecule has 37 heavy (non-hydrogen) atoms. The molecule has 204 valence electrons. The van der Waals surface area contributed by atoms with Crippen molar-refractivity contribution in [2.45, 2.75) is 57.7 Å². The van der Waals surface area contributed by atoms with Gasteiger partial charge in [0.2, 0.25) is 5.89 Å². The Morgan fingerprint density at radius 3 is 2.54 bits per heavy atom. The highest BCUT2D eigenvalue weighted by molar-refractivity contribution is 6.42. The second kappa shape index (κ2) is 11.7. The van der Waals surface area contributed by atoms with Gasteiger partial charge in [0.15, 0.2) is 0 Å². The summed E-state index contributed by atoms with van der Waals surface area (Å²) in [6, 6.07) is 0.115. The Morgan fingerprint density at radius 2 is 1.89 bits per heavy atom. The fraction of sp³-hybridized carbons (Fsp3) is 0.571. The number of hydrogen-bond acceptors (Lipinski definition) is 9. The van der Waals surface area contributed by atoms with Gasteiger partial charge < -0.3 is 19.2 Å². The van der Waals surface area contributed by atoms with Crippen molar-refractivity contribution >= 4 is 35.2 Å². The third-order valence-electron chi connectivity index (χ3n) is 4.87. The zero-order valence-electron chi connectivity index (χ0n) is 20.0. The minimum absolute atomic E-state index is 0.00600. The molecule has 0 spiro atoms. The Hall–Kier alpha value is -2.84. The first-order chi connectivity index (χ1) is 17.2. The van der Waals surface area contributed by atoms with Crippen LogP contribution >= 0.6 is 23.2 Å². The van der Waals surface area contributed by atoms with Crippen molar-refractivity contribution in [3.8, 4) is 6.08 Å². The average molecular weight is 570 g/mol. The van der Waals surface area contributed by atoms with E-state index in [0.29, 0.717) is 6.42 Å². The molecule has 0 bridgehead atoms. The number of pyridine rings is 1. The van der Waals surface area contributed by atoms with Crippen LogP contribution in [-0.4, -0.2) is 69.8 Å².